The van der Waals surface area contributed by atoms with Crippen molar-refractivity contribution in [2.24, 2.45) is 0 Å². The van der Waals surface area contributed by atoms with Crippen LogP contribution in [0.15, 0.2) is 24.5 Å². The topological polar surface area (TPSA) is 72.2 Å². The summed E-state index contributed by atoms with van der Waals surface area (Å²) in [5.41, 5.74) is 6.14. The number of anilines is 1. The molecule has 2 aromatic heterocycles. The molecule has 3 aromatic rings. The van der Waals surface area contributed by atoms with Gasteiger partial charge in [0.25, 0.3) is 5.78 Å². The maximum absolute atomic E-state index is 12.3. The van der Waals surface area contributed by atoms with Crippen LogP contribution in [0.3, 0.4) is 0 Å². The summed E-state index contributed by atoms with van der Waals surface area (Å²) in [7, 11) is 0. The van der Waals surface area contributed by atoms with E-state index in [1.165, 1.54) is 17.5 Å². The zero-order valence-corrected chi connectivity index (χ0v) is 14.4. The Balaban J connectivity index is 1.71. The second-order valence-electron chi connectivity index (χ2n) is 6.08. The Kier molecular flexibility index (Phi) is 4.29. The average Bonchev–Trinajstić information content (AvgIpc) is 2.99. The lowest BCUT2D eigenvalue weighted by atomic mass is 10.1. The number of aryl methyl sites for hydroxylation is 4. The van der Waals surface area contributed by atoms with E-state index in [2.05, 4.69) is 27.3 Å². The molecule has 1 aromatic carbocycles. The maximum Gasteiger partial charge on any atom is 0.252 e. The van der Waals surface area contributed by atoms with E-state index in [0.29, 0.717) is 18.6 Å². The molecule has 24 heavy (non-hydrogen) atoms. The number of hydrogen-bond acceptors (Lipinski definition) is 4. The van der Waals surface area contributed by atoms with Crippen molar-refractivity contribution in [1.29, 1.82) is 0 Å². The molecule has 0 aliphatic rings. The summed E-state index contributed by atoms with van der Waals surface area (Å²) in [6, 6.07) is 5.94. The number of hydrogen-bond donors (Lipinski definition) is 1. The smallest absolute Gasteiger partial charge is 0.252 e. The largest absolute Gasteiger partial charge is 0.326 e. The summed E-state index contributed by atoms with van der Waals surface area (Å²) < 4.78 is 1.71. The van der Waals surface area contributed by atoms with Crippen LogP contribution in [0.2, 0.25) is 0 Å². The summed E-state index contributed by atoms with van der Waals surface area (Å²) in [6.07, 6.45) is 2.51. The third kappa shape index (κ3) is 3.13. The molecule has 1 amide bonds. The number of nitrogens with zero attached hydrogens (tertiary/aromatic N) is 4. The van der Waals surface area contributed by atoms with Gasteiger partial charge in [0, 0.05) is 23.5 Å². The summed E-state index contributed by atoms with van der Waals surface area (Å²) in [4.78, 5) is 20.8. The average molecular weight is 323 g/mol. The van der Waals surface area contributed by atoms with Crippen LogP contribution in [-0.2, 0) is 11.2 Å². The predicted octanol–water partition coefficient (Wildman–Crippen LogP) is 2.93. The fourth-order valence-corrected chi connectivity index (χ4v) is 2.80. The van der Waals surface area contributed by atoms with Crippen LogP contribution in [-0.4, -0.2) is 25.5 Å². The third-order valence-corrected chi connectivity index (χ3v) is 4.38. The molecule has 0 saturated heterocycles. The van der Waals surface area contributed by atoms with Gasteiger partial charge >= 0.3 is 0 Å². The van der Waals surface area contributed by atoms with Crippen LogP contribution in [0.5, 0.6) is 0 Å². The van der Waals surface area contributed by atoms with Gasteiger partial charge in [0.05, 0.1) is 0 Å². The van der Waals surface area contributed by atoms with Gasteiger partial charge in [-0.3, -0.25) is 4.79 Å². The number of carbonyl (C=O) groups is 1. The molecule has 0 unspecified atom stereocenters. The molecule has 1 N–H and O–H groups in total. The first kappa shape index (κ1) is 16.1. The minimum Gasteiger partial charge on any atom is -0.326 e. The second kappa shape index (κ2) is 6.39. The van der Waals surface area contributed by atoms with E-state index in [0.717, 1.165) is 22.6 Å². The monoisotopic (exact) mass is 323 g/mol. The standard InChI is InChI=1S/C18H21N5O/c1-11-5-6-15(9-12(11)2)22-17(24)8-7-16-13(3)21-18-19-10-20-23(18)14(16)4/h5-6,9-10H,7-8H2,1-4H3,(H,22,24). The van der Waals surface area contributed by atoms with E-state index in [4.69, 9.17) is 0 Å². The minimum absolute atomic E-state index is 0.00394. The van der Waals surface area contributed by atoms with Crippen molar-refractivity contribution < 1.29 is 4.79 Å². The minimum atomic E-state index is -0.00394. The molecule has 0 atom stereocenters. The maximum atomic E-state index is 12.3. The Morgan fingerprint density at radius 1 is 1.17 bits per heavy atom. The third-order valence-electron chi connectivity index (χ3n) is 4.38. The molecule has 0 saturated carbocycles. The molecular formula is C18H21N5O. The highest BCUT2D eigenvalue weighted by atomic mass is 16.1. The zero-order chi connectivity index (χ0) is 17.3. The Labute approximate surface area is 141 Å². The number of nitrogens with one attached hydrogen (secondary N) is 1. The normalized spacial score (nSPS) is 11.0. The predicted molar refractivity (Wildman–Crippen MR) is 93.1 cm³/mol. The van der Waals surface area contributed by atoms with Crippen LogP contribution >= 0.6 is 0 Å². The molecule has 0 radical (unpaired) electrons. The van der Waals surface area contributed by atoms with E-state index >= 15 is 0 Å². The number of aromatic nitrogens is 4. The second-order valence-corrected chi connectivity index (χ2v) is 6.08. The van der Waals surface area contributed by atoms with E-state index < -0.39 is 0 Å². The van der Waals surface area contributed by atoms with E-state index in [1.54, 1.807) is 4.52 Å². The van der Waals surface area contributed by atoms with Crippen LogP contribution in [0, 0.1) is 27.7 Å². The Morgan fingerprint density at radius 3 is 2.71 bits per heavy atom. The molecule has 0 aliphatic carbocycles. The molecule has 124 valence electrons. The van der Waals surface area contributed by atoms with Crippen molar-refractivity contribution in [3.63, 3.8) is 0 Å². The number of carbonyl (C=O) groups excluding carboxylic acids is 1. The van der Waals surface area contributed by atoms with Crippen molar-refractivity contribution in [1.82, 2.24) is 19.6 Å². The SMILES string of the molecule is Cc1ccc(NC(=O)CCc2c(C)nc3ncnn3c2C)cc1C. The molecule has 0 aliphatic heterocycles. The molecular weight excluding hydrogens is 302 g/mol. The van der Waals surface area contributed by atoms with Gasteiger partial charge in [0.2, 0.25) is 5.91 Å². The highest BCUT2D eigenvalue weighted by Gasteiger charge is 2.12. The molecule has 0 fully saturated rings. The lowest BCUT2D eigenvalue weighted by Gasteiger charge is -2.11. The van der Waals surface area contributed by atoms with Crippen molar-refractivity contribution in [2.75, 3.05) is 5.32 Å². The van der Waals surface area contributed by atoms with Gasteiger partial charge in [-0.15, -0.1) is 0 Å². The quantitative estimate of drug-likeness (QED) is 0.801. The molecule has 2 heterocycles. The van der Waals surface area contributed by atoms with Gasteiger partial charge < -0.3 is 5.32 Å². The molecule has 0 spiro atoms. The lowest BCUT2D eigenvalue weighted by Crippen LogP contribution is -2.14. The molecule has 3 rings (SSSR count). The summed E-state index contributed by atoms with van der Waals surface area (Å²) in [6.45, 7) is 8.02. The van der Waals surface area contributed by atoms with Gasteiger partial charge in [-0.1, -0.05) is 6.07 Å². The summed E-state index contributed by atoms with van der Waals surface area (Å²) >= 11 is 0. The van der Waals surface area contributed by atoms with Gasteiger partial charge in [-0.05, 0) is 62.9 Å². The van der Waals surface area contributed by atoms with Gasteiger partial charge in [-0.25, -0.2) is 9.50 Å². The number of fused-ring (bicyclic) bond motifs is 1. The van der Waals surface area contributed by atoms with E-state index in [-0.39, 0.29) is 5.91 Å². The fraction of sp³-hybridized carbons (Fsp3) is 0.333. The molecule has 6 heteroatoms. The fourth-order valence-electron chi connectivity index (χ4n) is 2.80. The van der Waals surface area contributed by atoms with Crippen molar-refractivity contribution in [2.45, 2.75) is 40.5 Å². The van der Waals surface area contributed by atoms with Gasteiger partial charge in [0.1, 0.15) is 6.33 Å². The first-order valence-electron chi connectivity index (χ1n) is 7.98. The Bertz CT molecular complexity index is 913. The number of rotatable bonds is 4. The lowest BCUT2D eigenvalue weighted by molar-refractivity contribution is -0.116. The van der Waals surface area contributed by atoms with Crippen LogP contribution < -0.4 is 5.32 Å². The van der Waals surface area contributed by atoms with Crippen LogP contribution in [0.4, 0.5) is 5.69 Å². The Morgan fingerprint density at radius 2 is 1.96 bits per heavy atom. The van der Waals surface area contributed by atoms with E-state index in [9.17, 15) is 4.79 Å². The first-order valence-corrected chi connectivity index (χ1v) is 7.98. The van der Waals surface area contributed by atoms with Crippen LogP contribution in [0.25, 0.3) is 5.78 Å². The first-order chi connectivity index (χ1) is 11.5. The van der Waals surface area contributed by atoms with Gasteiger partial charge in [-0.2, -0.15) is 10.1 Å². The van der Waals surface area contributed by atoms with Crippen LogP contribution in [0.1, 0.15) is 34.5 Å². The number of benzene rings is 1. The van der Waals surface area contributed by atoms with Gasteiger partial charge in [0.15, 0.2) is 0 Å². The molecule has 6 nitrogen and oxygen atoms in total. The van der Waals surface area contributed by atoms with Crippen molar-refractivity contribution >= 4 is 17.4 Å². The summed E-state index contributed by atoms with van der Waals surface area (Å²) in [5.74, 6) is 0.587. The zero-order valence-electron chi connectivity index (χ0n) is 14.4. The molecule has 0 bridgehead atoms. The number of amides is 1. The van der Waals surface area contributed by atoms with E-state index in [1.807, 2.05) is 39.0 Å². The Hall–Kier alpha value is -2.76. The van der Waals surface area contributed by atoms with Crippen molar-refractivity contribution in [3.8, 4) is 0 Å². The summed E-state index contributed by atoms with van der Waals surface area (Å²) in [5, 5.41) is 7.13. The highest BCUT2D eigenvalue weighted by molar-refractivity contribution is 5.91. The highest BCUT2D eigenvalue weighted by Crippen LogP contribution is 2.17. The van der Waals surface area contributed by atoms with Crippen molar-refractivity contribution in [3.05, 3.63) is 52.6 Å².